The Balaban J connectivity index is 1.79. The number of H-pyrrole nitrogens is 2. The minimum Gasteiger partial charge on any atom is -0.434 e. The van der Waals surface area contributed by atoms with Crippen LogP contribution in [0.25, 0.3) is 21.8 Å². The number of aromatic nitrogens is 2. The summed E-state index contributed by atoms with van der Waals surface area (Å²) in [5.41, 5.74) is 0.193. The Labute approximate surface area is 197 Å². The molecule has 1 aliphatic rings. The van der Waals surface area contributed by atoms with Gasteiger partial charge < -0.3 is 24.8 Å². The van der Waals surface area contributed by atoms with Crippen molar-refractivity contribution in [3.63, 3.8) is 0 Å². The topological polar surface area (TPSA) is 134 Å². The molecule has 1 fully saturated rings. The summed E-state index contributed by atoms with van der Waals surface area (Å²) in [7, 11) is -3.83. The highest BCUT2D eigenvalue weighted by atomic mass is 32.2. The van der Waals surface area contributed by atoms with Crippen molar-refractivity contribution >= 4 is 38.0 Å². The Morgan fingerprint density at radius 3 is 2.76 bits per heavy atom. The molecule has 11 heteroatoms. The van der Waals surface area contributed by atoms with Gasteiger partial charge in [0, 0.05) is 35.7 Å². The van der Waals surface area contributed by atoms with Crippen LogP contribution in [0.2, 0.25) is 0 Å². The molecule has 0 radical (unpaired) electrons. The third kappa shape index (κ3) is 4.68. The van der Waals surface area contributed by atoms with Gasteiger partial charge in [0.15, 0.2) is 5.75 Å². The van der Waals surface area contributed by atoms with Crippen LogP contribution >= 0.6 is 0 Å². The van der Waals surface area contributed by atoms with Crippen molar-refractivity contribution in [1.82, 2.24) is 19.6 Å². The van der Waals surface area contributed by atoms with Crippen LogP contribution in [0.3, 0.4) is 0 Å². The summed E-state index contributed by atoms with van der Waals surface area (Å²) in [5.74, 6) is 0.0950. The fourth-order valence-corrected chi connectivity index (χ4v) is 5.98. The molecule has 3 N–H and O–H groups in total. The van der Waals surface area contributed by atoms with Gasteiger partial charge in [-0.1, -0.05) is 6.92 Å². The summed E-state index contributed by atoms with van der Waals surface area (Å²) in [6, 6.07) is 4.43. The lowest BCUT2D eigenvalue weighted by Gasteiger charge is -2.28. The van der Waals surface area contributed by atoms with Crippen LogP contribution in [0.15, 0.2) is 34.1 Å². The van der Waals surface area contributed by atoms with E-state index >= 15 is 0 Å². The fraction of sp³-hybridized carbons (Fsp3) is 0.478. The van der Waals surface area contributed by atoms with E-state index in [1.807, 2.05) is 20.8 Å². The molecule has 0 spiro atoms. The molecule has 3 heterocycles. The maximum atomic E-state index is 13.6. The number of fused-ring (bicyclic) bond motifs is 3. The van der Waals surface area contributed by atoms with E-state index in [-0.39, 0.29) is 34.9 Å². The Bertz CT molecular complexity index is 1360. The largest absolute Gasteiger partial charge is 0.513 e. The zero-order valence-corrected chi connectivity index (χ0v) is 20.3. The van der Waals surface area contributed by atoms with E-state index in [2.05, 4.69) is 15.3 Å². The second kappa shape index (κ2) is 9.77. The average Bonchev–Trinajstić information content (AvgIpc) is 3.46. The van der Waals surface area contributed by atoms with Gasteiger partial charge in [0.2, 0.25) is 10.0 Å². The van der Waals surface area contributed by atoms with Gasteiger partial charge in [0.25, 0.3) is 5.56 Å². The summed E-state index contributed by atoms with van der Waals surface area (Å²) in [5, 5.41) is 4.11. The molecule has 0 saturated carbocycles. The van der Waals surface area contributed by atoms with Crippen LogP contribution in [0.5, 0.6) is 5.75 Å². The second-order valence-electron chi connectivity index (χ2n) is 8.73. The first-order valence-corrected chi connectivity index (χ1v) is 12.9. The molecule has 0 bridgehead atoms. The highest BCUT2D eigenvalue weighted by Crippen LogP contribution is 2.32. The summed E-state index contributed by atoms with van der Waals surface area (Å²) in [6.07, 6.45) is 3.08. The van der Waals surface area contributed by atoms with Gasteiger partial charge in [0.1, 0.15) is 5.52 Å². The van der Waals surface area contributed by atoms with Crippen LogP contribution < -0.4 is 15.6 Å². The first-order chi connectivity index (χ1) is 16.2. The van der Waals surface area contributed by atoms with E-state index in [9.17, 15) is 18.0 Å². The van der Waals surface area contributed by atoms with Gasteiger partial charge in [-0.15, -0.1) is 0 Å². The molecule has 184 valence electrons. The van der Waals surface area contributed by atoms with Crippen LogP contribution in [-0.4, -0.2) is 60.6 Å². The third-order valence-corrected chi connectivity index (χ3v) is 7.98. The lowest BCUT2D eigenvalue weighted by atomic mass is 10.1. The molecular weight excluding hydrogens is 460 g/mol. The maximum absolute atomic E-state index is 13.6. The normalized spacial score (nSPS) is 16.7. The zero-order valence-electron chi connectivity index (χ0n) is 19.5. The van der Waals surface area contributed by atoms with E-state index in [1.54, 1.807) is 6.07 Å². The Morgan fingerprint density at radius 1 is 1.29 bits per heavy atom. The molecule has 0 amide bonds. The highest BCUT2D eigenvalue weighted by molar-refractivity contribution is 7.89. The number of pyridine rings is 1. The lowest BCUT2D eigenvalue weighted by Crippen LogP contribution is -2.44. The van der Waals surface area contributed by atoms with Crippen molar-refractivity contribution in [3.05, 3.63) is 34.7 Å². The van der Waals surface area contributed by atoms with Crippen molar-refractivity contribution < 1.29 is 22.7 Å². The van der Waals surface area contributed by atoms with Gasteiger partial charge in [-0.25, -0.2) is 13.2 Å². The molecule has 1 aromatic carbocycles. The number of carbonyl (C=O) groups excluding carboxylic acids is 1. The molecular formula is C23H30N4O6S. The molecule has 1 aliphatic heterocycles. The van der Waals surface area contributed by atoms with Crippen LogP contribution in [0.4, 0.5) is 4.79 Å². The number of nitrogens with zero attached hydrogens (tertiary/aromatic N) is 1. The number of benzene rings is 1. The number of ether oxygens (including phenoxy) is 2. The standard InChI is InChI=1S/C23H30N4O6S/c1-4-10-32-23(29)33-19-12-25-21-20(19)17-11-16(7-8-18(17)26-22(21)28)34(30,31)27(14(2)3)13-15-6-5-9-24-15/h7-8,11-12,14-15,24-25H,4-6,9-10,13H2,1-3H3,(H,26,28)/t15-/m0/s1. The Hall–Kier alpha value is -2.89. The third-order valence-electron chi connectivity index (χ3n) is 5.94. The zero-order chi connectivity index (χ0) is 24.5. The maximum Gasteiger partial charge on any atom is 0.513 e. The highest BCUT2D eigenvalue weighted by Gasteiger charge is 2.31. The predicted molar refractivity (Wildman–Crippen MR) is 129 cm³/mol. The SMILES string of the molecule is CCCOC(=O)Oc1c[nH]c2c(=O)[nH]c3ccc(S(=O)(=O)N(C[C@@H]4CCCN4)C(C)C)cc3c12. The van der Waals surface area contributed by atoms with Gasteiger partial charge >= 0.3 is 6.16 Å². The molecule has 1 saturated heterocycles. The molecule has 1 atom stereocenters. The Morgan fingerprint density at radius 2 is 2.09 bits per heavy atom. The van der Waals surface area contributed by atoms with Crippen molar-refractivity contribution in [2.45, 2.75) is 57.0 Å². The van der Waals surface area contributed by atoms with Gasteiger partial charge in [-0.2, -0.15) is 4.31 Å². The van der Waals surface area contributed by atoms with E-state index < -0.39 is 21.7 Å². The number of nitrogens with one attached hydrogen (secondary N) is 3. The van der Waals surface area contributed by atoms with Crippen LogP contribution in [0.1, 0.15) is 40.0 Å². The molecule has 2 aromatic heterocycles. The number of rotatable bonds is 8. The average molecular weight is 491 g/mol. The molecule has 4 rings (SSSR count). The van der Waals surface area contributed by atoms with Gasteiger partial charge in [-0.3, -0.25) is 4.79 Å². The number of aromatic amines is 2. The summed E-state index contributed by atoms with van der Waals surface area (Å²) in [6.45, 7) is 7.02. The van der Waals surface area contributed by atoms with Gasteiger partial charge in [0.05, 0.1) is 16.9 Å². The Kier molecular flexibility index (Phi) is 6.96. The smallest absolute Gasteiger partial charge is 0.434 e. The van der Waals surface area contributed by atoms with Crippen molar-refractivity contribution in [2.75, 3.05) is 19.7 Å². The summed E-state index contributed by atoms with van der Waals surface area (Å²) < 4.78 is 39.1. The second-order valence-corrected chi connectivity index (χ2v) is 10.6. The first kappa shape index (κ1) is 24.2. The van der Waals surface area contributed by atoms with Crippen molar-refractivity contribution in [3.8, 4) is 5.75 Å². The molecule has 34 heavy (non-hydrogen) atoms. The van der Waals surface area contributed by atoms with E-state index in [0.29, 0.717) is 29.3 Å². The summed E-state index contributed by atoms with van der Waals surface area (Å²) >= 11 is 0. The first-order valence-electron chi connectivity index (χ1n) is 11.5. The predicted octanol–water partition coefficient (Wildman–Crippen LogP) is 3.09. The minimum absolute atomic E-state index is 0.0950. The quantitative estimate of drug-likeness (QED) is 0.413. The fourth-order valence-electron chi connectivity index (χ4n) is 4.27. The van der Waals surface area contributed by atoms with E-state index in [1.165, 1.54) is 22.6 Å². The monoisotopic (exact) mass is 490 g/mol. The molecule has 0 unspecified atom stereocenters. The number of carbonyl (C=O) groups is 1. The van der Waals surface area contributed by atoms with Crippen molar-refractivity contribution in [1.29, 1.82) is 0 Å². The summed E-state index contributed by atoms with van der Waals surface area (Å²) in [4.78, 5) is 30.2. The van der Waals surface area contributed by atoms with Crippen LogP contribution in [0, 0.1) is 0 Å². The van der Waals surface area contributed by atoms with Crippen LogP contribution in [-0.2, 0) is 14.8 Å². The van der Waals surface area contributed by atoms with E-state index in [4.69, 9.17) is 9.47 Å². The molecule has 3 aromatic rings. The lowest BCUT2D eigenvalue weighted by molar-refractivity contribution is 0.0997. The minimum atomic E-state index is -3.83. The van der Waals surface area contributed by atoms with E-state index in [0.717, 1.165) is 19.4 Å². The molecule has 10 nitrogen and oxygen atoms in total. The number of hydrogen-bond donors (Lipinski definition) is 3. The van der Waals surface area contributed by atoms with Gasteiger partial charge in [-0.05, 0) is 57.9 Å². The number of hydrogen-bond acceptors (Lipinski definition) is 7. The number of sulfonamides is 1. The van der Waals surface area contributed by atoms with Crippen molar-refractivity contribution in [2.24, 2.45) is 0 Å². The molecule has 0 aliphatic carbocycles.